The van der Waals surface area contributed by atoms with E-state index in [0.717, 1.165) is 5.75 Å². The molecule has 1 aromatic carbocycles. The molecule has 90 valence electrons. The first-order chi connectivity index (χ1) is 7.61. The lowest BCUT2D eigenvalue weighted by Crippen LogP contribution is -2.13. The largest absolute Gasteiger partial charge is 0.496 e. The van der Waals surface area contributed by atoms with E-state index in [-0.39, 0.29) is 0 Å². The molecule has 1 rings (SSSR count). The Morgan fingerprint density at radius 1 is 1.25 bits per heavy atom. The van der Waals surface area contributed by atoms with E-state index in [1.165, 1.54) is 16.7 Å². The molecule has 0 saturated heterocycles. The van der Waals surface area contributed by atoms with Gasteiger partial charge in [0.25, 0.3) is 0 Å². The molecule has 0 heterocycles. The third-order valence-electron chi connectivity index (χ3n) is 2.67. The molecule has 0 amide bonds. The molecule has 0 fully saturated rings. The number of benzene rings is 1. The van der Waals surface area contributed by atoms with Crippen LogP contribution in [0.3, 0.4) is 0 Å². The van der Waals surface area contributed by atoms with Gasteiger partial charge in [0.2, 0.25) is 0 Å². The molecule has 0 radical (unpaired) electrons. The maximum Gasteiger partial charge on any atom is 0.125 e. The van der Waals surface area contributed by atoms with Crippen molar-refractivity contribution < 1.29 is 9.57 Å². The van der Waals surface area contributed by atoms with Gasteiger partial charge in [-0.05, 0) is 24.0 Å². The predicted molar refractivity (Wildman–Crippen MR) is 65.7 cm³/mol. The Hall–Kier alpha value is -1.06. The van der Waals surface area contributed by atoms with Crippen LogP contribution in [-0.4, -0.2) is 14.2 Å². The molecule has 0 aliphatic heterocycles. The van der Waals surface area contributed by atoms with Crippen LogP contribution in [0, 0.1) is 6.92 Å². The summed E-state index contributed by atoms with van der Waals surface area (Å²) in [5.41, 5.74) is 6.53. The highest BCUT2D eigenvalue weighted by Gasteiger charge is 2.14. The van der Waals surface area contributed by atoms with Crippen molar-refractivity contribution >= 4 is 0 Å². The second kappa shape index (κ2) is 5.87. The molecule has 0 unspecified atom stereocenters. The van der Waals surface area contributed by atoms with Crippen molar-refractivity contribution in [1.82, 2.24) is 5.48 Å². The van der Waals surface area contributed by atoms with Crippen LogP contribution in [0.25, 0.3) is 0 Å². The summed E-state index contributed by atoms with van der Waals surface area (Å²) in [6.07, 6.45) is 0. The van der Waals surface area contributed by atoms with Gasteiger partial charge in [-0.15, -0.1) is 0 Å². The first kappa shape index (κ1) is 13.0. The van der Waals surface area contributed by atoms with Gasteiger partial charge in [0, 0.05) is 12.1 Å². The minimum absolute atomic E-state index is 0.434. The Morgan fingerprint density at radius 2 is 1.94 bits per heavy atom. The van der Waals surface area contributed by atoms with Crippen LogP contribution in [0.15, 0.2) is 12.1 Å². The van der Waals surface area contributed by atoms with Crippen molar-refractivity contribution in [2.45, 2.75) is 33.2 Å². The Labute approximate surface area is 97.7 Å². The Kier molecular flexibility index (Phi) is 4.77. The Bertz CT molecular complexity index is 348. The van der Waals surface area contributed by atoms with Gasteiger partial charge < -0.3 is 9.57 Å². The van der Waals surface area contributed by atoms with Crippen molar-refractivity contribution in [2.24, 2.45) is 0 Å². The average molecular weight is 223 g/mol. The van der Waals surface area contributed by atoms with Gasteiger partial charge in [-0.1, -0.05) is 26.0 Å². The van der Waals surface area contributed by atoms with Crippen molar-refractivity contribution in [1.29, 1.82) is 0 Å². The van der Waals surface area contributed by atoms with E-state index < -0.39 is 0 Å². The first-order valence-electron chi connectivity index (χ1n) is 5.54. The molecule has 0 spiro atoms. The number of rotatable bonds is 5. The summed E-state index contributed by atoms with van der Waals surface area (Å²) in [5.74, 6) is 1.42. The monoisotopic (exact) mass is 223 g/mol. The highest BCUT2D eigenvalue weighted by atomic mass is 16.6. The number of hydrogen-bond acceptors (Lipinski definition) is 3. The Morgan fingerprint density at radius 3 is 2.44 bits per heavy atom. The number of methoxy groups -OCH3 is 1. The van der Waals surface area contributed by atoms with Crippen LogP contribution in [-0.2, 0) is 11.4 Å². The zero-order chi connectivity index (χ0) is 12.1. The third kappa shape index (κ3) is 2.74. The minimum Gasteiger partial charge on any atom is -0.496 e. The van der Waals surface area contributed by atoms with E-state index in [2.05, 4.69) is 38.4 Å². The minimum atomic E-state index is 0.434. The molecular weight excluding hydrogens is 202 g/mol. The lowest BCUT2D eigenvalue weighted by Gasteiger charge is -2.19. The van der Waals surface area contributed by atoms with Gasteiger partial charge in [-0.3, -0.25) is 0 Å². The SMILES string of the molecule is CONCc1ccc(C)c(OC)c1C(C)C. The van der Waals surface area contributed by atoms with Gasteiger partial charge in [0.05, 0.1) is 14.2 Å². The molecule has 0 saturated carbocycles. The van der Waals surface area contributed by atoms with Gasteiger partial charge in [-0.2, -0.15) is 5.48 Å². The second-order valence-electron chi connectivity index (χ2n) is 4.17. The van der Waals surface area contributed by atoms with E-state index in [9.17, 15) is 0 Å². The summed E-state index contributed by atoms with van der Waals surface area (Å²) in [7, 11) is 3.35. The van der Waals surface area contributed by atoms with Crippen LogP contribution in [0.2, 0.25) is 0 Å². The van der Waals surface area contributed by atoms with E-state index in [0.29, 0.717) is 12.5 Å². The Balaban J connectivity index is 3.16. The van der Waals surface area contributed by atoms with Crippen molar-refractivity contribution in [3.8, 4) is 5.75 Å². The summed E-state index contributed by atoms with van der Waals surface area (Å²) in [6.45, 7) is 7.11. The summed E-state index contributed by atoms with van der Waals surface area (Å²) < 4.78 is 5.49. The summed E-state index contributed by atoms with van der Waals surface area (Å²) in [6, 6.07) is 4.20. The topological polar surface area (TPSA) is 30.5 Å². The normalized spacial score (nSPS) is 10.9. The zero-order valence-electron chi connectivity index (χ0n) is 10.8. The average Bonchev–Trinajstić information content (AvgIpc) is 2.26. The summed E-state index contributed by atoms with van der Waals surface area (Å²) >= 11 is 0. The van der Waals surface area contributed by atoms with Crippen LogP contribution < -0.4 is 10.2 Å². The third-order valence-corrected chi connectivity index (χ3v) is 2.67. The summed E-state index contributed by atoms with van der Waals surface area (Å²) in [4.78, 5) is 4.89. The van der Waals surface area contributed by atoms with Crippen LogP contribution in [0.1, 0.15) is 36.5 Å². The number of ether oxygens (including phenoxy) is 1. The molecule has 3 heteroatoms. The smallest absolute Gasteiger partial charge is 0.125 e. The van der Waals surface area contributed by atoms with Gasteiger partial charge in [0.1, 0.15) is 5.75 Å². The highest BCUT2D eigenvalue weighted by molar-refractivity contribution is 5.47. The number of hydroxylamine groups is 1. The molecule has 0 bridgehead atoms. The predicted octanol–water partition coefficient (Wildman–Crippen LogP) is 2.78. The van der Waals surface area contributed by atoms with Crippen LogP contribution in [0.5, 0.6) is 5.75 Å². The summed E-state index contributed by atoms with van der Waals surface area (Å²) in [5, 5.41) is 0. The quantitative estimate of drug-likeness (QED) is 0.779. The zero-order valence-corrected chi connectivity index (χ0v) is 10.8. The molecule has 3 nitrogen and oxygen atoms in total. The molecule has 1 aromatic rings. The standard InChI is InChI=1S/C13H21NO2/c1-9(2)12-11(8-14-16-5)7-6-10(3)13(12)15-4/h6-7,9,14H,8H2,1-5H3. The van der Waals surface area contributed by atoms with Crippen molar-refractivity contribution in [3.05, 3.63) is 28.8 Å². The van der Waals surface area contributed by atoms with Gasteiger partial charge in [0.15, 0.2) is 0 Å². The van der Waals surface area contributed by atoms with E-state index in [4.69, 9.17) is 9.57 Å². The highest BCUT2D eigenvalue weighted by Crippen LogP contribution is 2.32. The fourth-order valence-electron chi connectivity index (χ4n) is 1.96. The van der Waals surface area contributed by atoms with Crippen molar-refractivity contribution in [3.63, 3.8) is 0 Å². The molecule has 0 aliphatic rings. The molecule has 0 aromatic heterocycles. The number of hydrogen-bond donors (Lipinski definition) is 1. The molecule has 1 N–H and O–H groups in total. The van der Waals surface area contributed by atoms with Gasteiger partial charge in [-0.25, -0.2) is 0 Å². The molecule has 0 atom stereocenters. The first-order valence-corrected chi connectivity index (χ1v) is 5.54. The van der Waals surface area contributed by atoms with Crippen molar-refractivity contribution in [2.75, 3.05) is 14.2 Å². The molecule has 0 aliphatic carbocycles. The van der Waals surface area contributed by atoms with E-state index in [1.54, 1.807) is 14.2 Å². The lowest BCUT2D eigenvalue weighted by atomic mass is 9.94. The molecule has 16 heavy (non-hydrogen) atoms. The van der Waals surface area contributed by atoms with Gasteiger partial charge >= 0.3 is 0 Å². The lowest BCUT2D eigenvalue weighted by molar-refractivity contribution is 0.0864. The maximum absolute atomic E-state index is 5.49. The van der Waals surface area contributed by atoms with Crippen LogP contribution >= 0.6 is 0 Å². The maximum atomic E-state index is 5.49. The number of aryl methyl sites for hydroxylation is 1. The second-order valence-corrected chi connectivity index (χ2v) is 4.17. The fourth-order valence-corrected chi connectivity index (χ4v) is 1.96. The molecular formula is C13H21NO2. The van der Waals surface area contributed by atoms with E-state index in [1.807, 2.05) is 0 Å². The van der Waals surface area contributed by atoms with Crippen LogP contribution in [0.4, 0.5) is 0 Å². The van der Waals surface area contributed by atoms with E-state index >= 15 is 0 Å². The fraction of sp³-hybridized carbons (Fsp3) is 0.538. The number of nitrogens with one attached hydrogen (secondary N) is 1.